The molecular weight excluding hydrogens is 1420 g/mol. The lowest BCUT2D eigenvalue weighted by Crippen LogP contribution is -2.68. The van der Waals surface area contributed by atoms with Gasteiger partial charge in [0.25, 0.3) is 0 Å². The van der Waals surface area contributed by atoms with E-state index in [4.69, 9.17) is 75.8 Å². The number of hydrogen-bond acceptors (Lipinski definition) is 40. The predicted octanol–water partition coefficient (Wildman–Crippen LogP) is -10.5. The molecule has 14 bridgehead atoms. The second-order valence-corrected chi connectivity index (χ2v) is 28.0. The maximum atomic E-state index is 13.0. The smallest absolute Gasteiger partial charge is 0.307 e. The molecule has 16 unspecified atom stereocenters. The molecule has 0 aromatic heterocycles. The number of ketones is 2. The Balaban J connectivity index is 1.07. The molecule has 102 heavy (non-hydrogen) atoms. The van der Waals surface area contributed by atoms with E-state index in [0.717, 1.165) is 23.5 Å². The van der Waals surface area contributed by atoms with Gasteiger partial charge in [-0.2, -0.15) is 23.5 Å². The van der Waals surface area contributed by atoms with Crippen molar-refractivity contribution in [3.8, 4) is 0 Å². The number of rotatable bonds is 27. The van der Waals surface area contributed by atoms with E-state index in [-0.39, 0.29) is 68.7 Å². The molecule has 0 aromatic carbocycles. The molecule has 21 rings (SSSR count). The summed E-state index contributed by atoms with van der Waals surface area (Å²) in [6.45, 7) is -2.02. The molecule has 0 aliphatic carbocycles. The summed E-state index contributed by atoms with van der Waals surface area (Å²) in [7, 11) is 0. The number of carbonyl (C=O) groups is 4. The van der Waals surface area contributed by atoms with Crippen molar-refractivity contribution in [1.82, 2.24) is 0 Å². The van der Waals surface area contributed by atoms with Crippen LogP contribution in [0.1, 0.15) is 46.0 Å². The SMILES string of the molecule is CCC(CSCC1O[C@H]2C[C@@H](O)[C@@H]1O[C@H]1OC(CO)[C@@H](O[C@H]3OC(CO)[C@@H](O[C@H]4OC(CSCC(CC(=O)CCOCCOCCC(C)=O)C(=O)O)C(O[C@H]5OC(CO)[C@@H](O[C@H]6OC(CO)[C@@H](O[C@H]7OC(CO)[C@@H](O2)[C@H](O)C7O)[C@H](O)C6O)[C@H](O)C5O)[C@H](O)C4O)[C@H](O)C3O)[C@H](O)C1O)C(=O)O. The van der Waals surface area contributed by atoms with E-state index in [9.17, 15) is 121 Å². The number of carbonyl (C=O) groups excluding carboxylic acids is 2. The fourth-order valence-corrected chi connectivity index (χ4v) is 15.2. The van der Waals surface area contributed by atoms with Gasteiger partial charge in [-0.15, -0.1) is 0 Å². The molecule has 0 saturated carbocycles. The molecule has 21 saturated heterocycles. The van der Waals surface area contributed by atoms with Crippen LogP contribution in [-0.2, 0) is 95.0 Å². The molecule has 21 aliphatic heterocycles. The van der Waals surface area contributed by atoms with Crippen LogP contribution >= 0.6 is 23.5 Å². The molecule has 0 amide bonds. The van der Waals surface area contributed by atoms with Crippen molar-refractivity contribution < 1.29 is 197 Å². The zero-order valence-corrected chi connectivity index (χ0v) is 57.1. The highest BCUT2D eigenvalue weighted by atomic mass is 32.2. The number of aliphatic carboxylic acids is 2. The minimum atomic E-state index is -2.29. The minimum Gasteiger partial charge on any atom is -0.481 e. The number of hydrogen-bond donors (Lipinski definition) is 20. The van der Waals surface area contributed by atoms with Gasteiger partial charge in [-0.25, -0.2) is 0 Å². The van der Waals surface area contributed by atoms with Crippen LogP contribution in [0.5, 0.6) is 0 Å². The first kappa shape index (κ1) is 85.2. The predicted molar refractivity (Wildman–Crippen MR) is 331 cm³/mol. The Kier molecular flexibility index (Phi) is 33.3. The van der Waals surface area contributed by atoms with Crippen LogP contribution in [0.3, 0.4) is 0 Å². The van der Waals surface area contributed by atoms with Crippen LogP contribution in [0, 0.1) is 11.8 Å². The fourth-order valence-electron chi connectivity index (χ4n) is 12.7. The first-order valence-electron chi connectivity index (χ1n) is 33.4. The minimum absolute atomic E-state index is 0.0193. The molecule has 0 aromatic rings. The van der Waals surface area contributed by atoms with Crippen LogP contribution < -0.4 is 0 Å². The first-order chi connectivity index (χ1) is 48.6. The van der Waals surface area contributed by atoms with E-state index in [1.54, 1.807) is 6.92 Å². The van der Waals surface area contributed by atoms with Crippen LogP contribution in [0.25, 0.3) is 0 Å². The second kappa shape index (κ2) is 39.8. The van der Waals surface area contributed by atoms with Crippen LogP contribution in [0.15, 0.2) is 0 Å². The lowest BCUT2D eigenvalue weighted by atomic mass is 9.95. The van der Waals surface area contributed by atoms with E-state index < -0.39 is 290 Å². The van der Waals surface area contributed by atoms with Gasteiger partial charge in [0.15, 0.2) is 44.0 Å². The molecule has 21 fully saturated rings. The van der Waals surface area contributed by atoms with Crippen molar-refractivity contribution in [3.05, 3.63) is 0 Å². The zero-order valence-electron chi connectivity index (χ0n) is 55.4. The van der Waals surface area contributed by atoms with Gasteiger partial charge in [-0.3, -0.25) is 19.2 Å². The van der Waals surface area contributed by atoms with E-state index in [1.807, 2.05) is 0 Å². The number of carboxylic acids is 2. The van der Waals surface area contributed by atoms with Crippen molar-refractivity contribution in [1.29, 1.82) is 0 Å². The third-order valence-corrected chi connectivity index (χ3v) is 21.1. The van der Waals surface area contributed by atoms with E-state index in [0.29, 0.717) is 0 Å². The average molecular weight is 1520 g/mol. The van der Waals surface area contributed by atoms with Gasteiger partial charge in [0.1, 0.15) is 158 Å². The summed E-state index contributed by atoms with van der Waals surface area (Å²) in [6.07, 6.45) is -68.1. The molecule has 590 valence electrons. The Morgan fingerprint density at radius 1 is 0.373 bits per heavy atom. The fraction of sp³-hybridized carbons (Fsp3) is 0.933. The Labute approximate surface area is 591 Å². The molecule has 42 heteroatoms. The number of aliphatic hydroxyl groups is 18. The van der Waals surface area contributed by atoms with Gasteiger partial charge in [0.2, 0.25) is 0 Å². The van der Waals surface area contributed by atoms with Gasteiger partial charge < -0.3 is 178 Å². The summed E-state index contributed by atoms with van der Waals surface area (Å²) in [5.41, 5.74) is 0. The highest BCUT2D eigenvalue weighted by Crippen LogP contribution is 2.40. The van der Waals surface area contributed by atoms with Crippen molar-refractivity contribution >= 4 is 47.0 Å². The van der Waals surface area contributed by atoms with Crippen LogP contribution in [0.2, 0.25) is 0 Å². The van der Waals surface area contributed by atoms with Crippen molar-refractivity contribution in [2.75, 3.05) is 82.5 Å². The number of thioether (sulfide) groups is 2. The number of carboxylic acid groups (broad SMARTS) is 2. The standard InChI is InChI=1S/C60H98O40S2/c1-3-22(53(81)82)17-101-19-31-46-25(68)11-33(87-31)94-47-26(12-61)88-56(40(75)34(47)69)96-49-28(14-63)90-57(42(77)36(49)71)98-50-29(15-64)92-59(44(79)38(50)73)100-52-32(20-102-18-23(54(83)84)10-24(67)5-7-86-9-8-85-6-4-21(2)66)93-60(45(80)39(52)74)99-51-30(16-65)91-58(43(78)37(51)72)97-48-27(13-62)89-55(95-46)41(76)35(48)70/h22-23,25-52,55-65,68-80H,3-20H2,1-2H3,(H,81,82)(H,83,84)/t22?,23?,25-,26?,27?,28?,29?,30?,31?,32?,33-,34-,35-,36-,37-,38-,39-,40?,41?,42?,43?,44?,45?,46+,47-,48-,49-,50-,51-,52?,55-,56-,57-,58-,59-,60-/m1/s1. The van der Waals surface area contributed by atoms with Crippen molar-refractivity contribution in [3.63, 3.8) is 0 Å². The Hall–Kier alpha value is -2.38. The summed E-state index contributed by atoms with van der Waals surface area (Å²) >= 11 is 1.82. The van der Waals surface area contributed by atoms with Crippen LogP contribution in [-0.4, -0.2) is 417 Å². The summed E-state index contributed by atoms with van der Waals surface area (Å²) in [6, 6.07) is 0. The molecule has 21 heterocycles. The number of Topliss-reactive ketones (excluding diaryl/α,β-unsaturated/α-hetero) is 2. The normalized spacial score (nSPS) is 44.5. The Morgan fingerprint density at radius 3 is 0.990 bits per heavy atom. The monoisotopic (exact) mass is 1520 g/mol. The van der Waals surface area contributed by atoms with E-state index >= 15 is 0 Å². The summed E-state index contributed by atoms with van der Waals surface area (Å²) < 4.78 is 94.0. The summed E-state index contributed by atoms with van der Waals surface area (Å²) in [4.78, 5) is 48.8. The van der Waals surface area contributed by atoms with Gasteiger partial charge in [-0.1, -0.05) is 6.92 Å². The van der Waals surface area contributed by atoms with Crippen LogP contribution in [0.4, 0.5) is 0 Å². The molecular formula is C60H98O40S2. The van der Waals surface area contributed by atoms with Gasteiger partial charge in [0, 0.05) is 48.7 Å². The van der Waals surface area contributed by atoms with E-state index in [1.165, 1.54) is 6.92 Å². The Bertz CT molecular complexity index is 2570. The lowest BCUT2D eigenvalue weighted by Gasteiger charge is -2.50. The molecule has 21 aliphatic rings. The maximum Gasteiger partial charge on any atom is 0.307 e. The molecule has 40 nitrogen and oxygen atoms in total. The molecule has 20 N–H and O–H groups in total. The largest absolute Gasteiger partial charge is 0.481 e. The molecule has 0 radical (unpaired) electrons. The topological polar surface area (TPSA) is 621 Å². The third-order valence-electron chi connectivity index (χ3n) is 18.7. The second-order valence-electron chi connectivity index (χ2n) is 25.9. The quantitative estimate of drug-likeness (QED) is 0.0340. The Morgan fingerprint density at radius 2 is 0.667 bits per heavy atom. The lowest BCUT2D eigenvalue weighted by molar-refractivity contribution is -0.394. The zero-order chi connectivity index (χ0) is 74.5. The maximum absolute atomic E-state index is 13.0. The van der Waals surface area contributed by atoms with Gasteiger partial charge >= 0.3 is 11.9 Å². The van der Waals surface area contributed by atoms with Gasteiger partial charge in [0.05, 0.1) is 89.6 Å². The number of aliphatic hydroxyl groups excluding tert-OH is 18. The molecule has 0 spiro atoms. The van der Waals surface area contributed by atoms with Crippen molar-refractivity contribution in [2.24, 2.45) is 11.8 Å². The van der Waals surface area contributed by atoms with E-state index in [2.05, 4.69) is 0 Å². The summed E-state index contributed by atoms with van der Waals surface area (Å²) in [5.74, 6) is -6.41. The third kappa shape index (κ3) is 20.9. The average Bonchev–Trinajstić information content (AvgIpc) is 0.780. The highest BCUT2D eigenvalue weighted by Gasteiger charge is 2.59. The first-order valence-corrected chi connectivity index (χ1v) is 35.7. The molecule has 36 atom stereocenters. The number of ether oxygens (including phenoxy) is 16. The van der Waals surface area contributed by atoms with Gasteiger partial charge in [-0.05, 0) is 13.3 Å². The van der Waals surface area contributed by atoms with Crippen molar-refractivity contribution in [2.45, 2.75) is 255 Å². The summed E-state index contributed by atoms with van der Waals surface area (Å²) in [5, 5.41) is 225. The highest BCUT2D eigenvalue weighted by molar-refractivity contribution is 7.99.